The van der Waals surface area contributed by atoms with Gasteiger partial charge < -0.3 is 20.3 Å². The Morgan fingerprint density at radius 1 is 1.15 bits per heavy atom. The average Bonchev–Trinajstić information content (AvgIpc) is 2.68. The Labute approximate surface area is 153 Å². The van der Waals surface area contributed by atoms with Crippen molar-refractivity contribution < 1.29 is 23.4 Å². The van der Waals surface area contributed by atoms with Gasteiger partial charge in [0.05, 0.1) is 22.5 Å². The summed E-state index contributed by atoms with van der Waals surface area (Å²) in [7, 11) is -3.58. The first kappa shape index (κ1) is 18.8. The van der Waals surface area contributed by atoms with Crippen LogP contribution in [-0.2, 0) is 16.3 Å². The molecule has 6 nitrogen and oxygen atoms in total. The summed E-state index contributed by atoms with van der Waals surface area (Å²) >= 11 is 0. The largest absolute Gasteiger partial charge is 0.489 e. The number of nitrogens with one attached hydrogen (secondary N) is 1. The van der Waals surface area contributed by atoms with E-state index in [9.17, 15) is 13.5 Å². The molecule has 0 aromatic heterocycles. The number of hydrogen-bond acceptors (Lipinski definition) is 6. The predicted octanol–water partition coefficient (Wildman–Crippen LogP) is 1.16. The summed E-state index contributed by atoms with van der Waals surface area (Å²) < 4.78 is 31.5. The molecule has 2 atom stereocenters. The van der Waals surface area contributed by atoms with Crippen molar-refractivity contribution in [1.29, 1.82) is 0 Å². The standard InChI is InChI=1S/C19H23NO5S/c21-13-15(22)11-20-12-16-8-6-14-7-9-18(10-19(14)25-16)26(23,24)17-4-2-1-3-5-17/h1-5,7,9-10,15-16,20-22H,6,8,11-13H2/t15-,16?/m1/s1. The second-order valence-electron chi connectivity index (χ2n) is 6.36. The lowest BCUT2D eigenvalue weighted by Crippen LogP contribution is -2.38. The Bertz CT molecular complexity index is 838. The van der Waals surface area contributed by atoms with Gasteiger partial charge in [-0.15, -0.1) is 0 Å². The summed E-state index contributed by atoms with van der Waals surface area (Å²) in [5, 5.41) is 21.2. The maximum atomic E-state index is 12.8. The number of aliphatic hydroxyl groups is 2. The fraction of sp³-hybridized carbons (Fsp3) is 0.368. The zero-order chi connectivity index (χ0) is 18.6. The molecule has 1 aliphatic rings. The van der Waals surface area contributed by atoms with E-state index in [0.717, 1.165) is 18.4 Å². The third kappa shape index (κ3) is 4.24. The summed E-state index contributed by atoms with van der Waals surface area (Å²) in [6.45, 7) is 0.514. The van der Waals surface area contributed by atoms with Crippen molar-refractivity contribution in [2.24, 2.45) is 0 Å². The van der Waals surface area contributed by atoms with Crippen molar-refractivity contribution in [3.63, 3.8) is 0 Å². The van der Waals surface area contributed by atoms with E-state index < -0.39 is 15.9 Å². The summed E-state index contributed by atoms with van der Waals surface area (Å²) in [6, 6.07) is 13.4. The highest BCUT2D eigenvalue weighted by Crippen LogP contribution is 2.32. The molecule has 0 spiro atoms. The molecule has 0 radical (unpaired) electrons. The number of aryl methyl sites for hydroxylation is 1. The molecule has 0 bridgehead atoms. The summed E-state index contributed by atoms with van der Waals surface area (Å²) in [5.74, 6) is 0.586. The molecule has 3 N–H and O–H groups in total. The number of rotatable bonds is 7. The molecular formula is C19H23NO5S. The van der Waals surface area contributed by atoms with Gasteiger partial charge in [0.1, 0.15) is 11.9 Å². The quantitative estimate of drug-likeness (QED) is 0.670. The maximum absolute atomic E-state index is 12.8. The molecular weight excluding hydrogens is 354 g/mol. The van der Waals surface area contributed by atoms with Crippen molar-refractivity contribution >= 4 is 9.84 Å². The number of aliphatic hydroxyl groups excluding tert-OH is 2. The molecule has 0 saturated heterocycles. The van der Waals surface area contributed by atoms with Crippen molar-refractivity contribution in [2.45, 2.75) is 34.8 Å². The Morgan fingerprint density at radius 3 is 2.65 bits per heavy atom. The molecule has 0 saturated carbocycles. The van der Waals surface area contributed by atoms with Crippen LogP contribution < -0.4 is 10.1 Å². The minimum atomic E-state index is -3.58. The Hall–Kier alpha value is -1.93. The lowest BCUT2D eigenvalue weighted by Gasteiger charge is -2.27. The van der Waals surface area contributed by atoms with Gasteiger partial charge in [0.25, 0.3) is 0 Å². The van der Waals surface area contributed by atoms with Crippen molar-refractivity contribution in [1.82, 2.24) is 5.32 Å². The monoisotopic (exact) mass is 377 g/mol. The highest BCUT2D eigenvalue weighted by Gasteiger charge is 2.24. The number of fused-ring (bicyclic) bond motifs is 1. The van der Waals surface area contributed by atoms with E-state index >= 15 is 0 Å². The normalized spacial score (nSPS) is 18.0. The van der Waals surface area contributed by atoms with Crippen LogP contribution in [0.4, 0.5) is 0 Å². The molecule has 3 rings (SSSR count). The van der Waals surface area contributed by atoms with Crippen molar-refractivity contribution in [3.05, 3.63) is 54.1 Å². The highest BCUT2D eigenvalue weighted by molar-refractivity contribution is 7.91. The van der Waals surface area contributed by atoms with Crippen LogP contribution in [-0.4, -0.2) is 50.5 Å². The van der Waals surface area contributed by atoms with Gasteiger partial charge in [0.2, 0.25) is 9.84 Å². The number of ether oxygens (including phenoxy) is 1. The van der Waals surface area contributed by atoms with Crippen LogP contribution in [0.1, 0.15) is 12.0 Å². The zero-order valence-electron chi connectivity index (χ0n) is 14.3. The van der Waals surface area contributed by atoms with E-state index in [-0.39, 0.29) is 29.0 Å². The number of benzene rings is 2. The van der Waals surface area contributed by atoms with Gasteiger partial charge in [-0.2, -0.15) is 0 Å². The van der Waals surface area contributed by atoms with Gasteiger partial charge in [0, 0.05) is 13.1 Å². The smallest absolute Gasteiger partial charge is 0.206 e. The number of sulfone groups is 1. The second kappa shape index (κ2) is 8.18. The third-order valence-corrected chi connectivity index (χ3v) is 6.16. The first-order valence-corrected chi connectivity index (χ1v) is 10.1. The van der Waals surface area contributed by atoms with Gasteiger partial charge in [-0.3, -0.25) is 0 Å². The molecule has 2 aromatic rings. The van der Waals surface area contributed by atoms with Crippen LogP contribution in [0.5, 0.6) is 5.75 Å². The fourth-order valence-electron chi connectivity index (χ4n) is 2.93. The van der Waals surface area contributed by atoms with Crippen LogP contribution in [0.2, 0.25) is 0 Å². The highest BCUT2D eigenvalue weighted by atomic mass is 32.2. The average molecular weight is 377 g/mol. The molecule has 0 aliphatic carbocycles. The Morgan fingerprint density at radius 2 is 1.92 bits per heavy atom. The first-order chi connectivity index (χ1) is 12.5. The van der Waals surface area contributed by atoms with Gasteiger partial charge in [-0.05, 0) is 42.7 Å². The van der Waals surface area contributed by atoms with Gasteiger partial charge in [-0.25, -0.2) is 8.42 Å². The lowest BCUT2D eigenvalue weighted by molar-refractivity contribution is 0.0893. The summed E-state index contributed by atoms with van der Waals surface area (Å²) in [4.78, 5) is 0.471. The molecule has 7 heteroatoms. The lowest BCUT2D eigenvalue weighted by atomic mass is 10.0. The van der Waals surface area contributed by atoms with E-state index in [0.29, 0.717) is 12.3 Å². The summed E-state index contributed by atoms with van der Waals surface area (Å²) in [5.41, 5.74) is 0.989. The first-order valence-electron chi connectivity index (χ1n) is 8.60. The SMILES string of the molecule is O=S(=O)(c1ccccc1)c1ccc2c(c1)OC(CNC[C@@H](O)CO)CC2. The fourth-order valence-corrected chi connectivity index (χ4v) is 4.23. The van der Waals surface area contributed by atoms with E-state index in [1.54, 1.807) is 42.5 Å². The van der Waals surface area contributed by atoms with Crippen LogP contribution in [0, 0.1) is 0 Å². The minimum absolute atomic E-state index is 0.108. The maximum Gasteiger partial charge on any atom is 0.206 e. The minimum Gasteiger partial charge on any atom is -0.489 e. The van der Waals surface area contributed by atoms with Crippen molar-refractivity contribution in [3.8, 4) is 5.75 Å². The summed E-state index contributed by atoms with van der Waals surface area (Å²) in [6.07, 6.45) is 0.701. The molecule has 1 aliphatic heterocycles. The van der Waals surface area contributed by atoms with Crippen molar-refractivity contribution in [2.75, 3.05) is 19.7 Å². The van der Waals surface area contributed by atoms with Crippen LogP contribution in [0.25, 0.3) is 0 Å². The Kier molecular flexibility index (Phi) is 5.93. The van der Waals surface area contributed by atoms with Gasteiger partial charge in [0.15, 0.2) is 0 Å². The molecule has 1 heterocycles. The molecule has 1 unspecified atom stereocenters. The van der Waals surface area contributed by atoms with E-state index in [1.807, 2.05) is 6.07 Å². The van der Waals surface area contributed by atoms with E-state index in [4.69, 9.17) is 9.84 Å². The van der Waals surface area contributed by atoms with Crippen LogP contribution in [0.15, 0.2) is 58.3 Å². The molecule has 140 valence electrons. The van der Waals surface area contributed by atoms with Crippen LogP contribution in [0.3, 0.4) is 0 Å². The number of hydrogen-bond donors (Lipinski definition) is 3. The van der Waals surface area contributed by atoms with Gasteiger partial charge >= 0.3 is 0 Å². The third-order valence-electron chi connectivity index (χ3n) is 4.39. The molecule has 26 heavy (non-hydrogen) atoms. The Balaban J connectivity index is 1.73. The predicted molar refractivity (Wildman–Crippen MR) is 97.0 cm³/mol. The van der Waals surface area contributed by atoms with Crippen LogP contribution >= 0.6 is 0 Å². The molecule has 2 aromatic carbocycles. The second-order valence-corrected chi connectivity index (χ2v) is 8.31. The van der Waals surface area contributed by atoms with E-state index in [2.05, 4.69) is 5.32 Å². The topological polar surface area (TPSA) is 95.9 Å². The zero-order valence-corrected chi connectivity index (χ0v) is 15.2. The van der Waals surface area contributed by atoms with Gasteiger partial charge in [-0.1, -0.05) is 24.3 Å². The molecule has 0 fully saturated rings. The van der Waals surface area contributed by atoms with E-state index in [1.165, 1.54) is 0 Å². The molecule has 0 amide bonds.